The molecule has 2 N–H and O–H groups in total. The normalized spacial score (nSPS) is 12.5. The lowest BCUT2D eigenvalue weighted by Crippen LogP contribution is -2.17. The van der Waals surface area contributed by atoms with E-state index in [4.69, 9.17) is 11.6 Å². The first-order valence-electron chi connectivity index (χ1n) is 4.14. The van der Waals surface area contributed by atoms with E-state index in [0.29, 0.717) is 5.69 Å². The van der Waals surface area contributed by atoms with Gasteiger partial charge in [-0.15, -0.1) is 0 Å². The Labute approximate surface area is 81.3 Å². The molecule has 0 aliphatic rings. The fourth-order valence-electron chi connectivity index (χ4n) is 0.852. The molecule has 1 aromatic rings. The summed E-state index contributed by atoms with van der Waals surface area (Å²) < 4.78 is 0. The molecule has 1 heterocycles. The second-order valence-corrected chi connectivity index (χ2v) is 3.26. The van der Waals surface area contributed by atoms with Crippen LogP contribution in [0.15, 0.2) is 11.0 Å². The van der Waals surface area contributed by atoms with Crippen LogP contribution in [0.4, 0.5) is 5.69 Å². The third-order valence-corrected chi connectivity index (χ3v) is 2.19. The summed E-state index contributed by atoms with van der Waals surface area (Å²) in [6, 6.07) is 0.279. The van der Waals surface area contributed by atoms with Crippen molar-refractivity contribution >= 4 is 17.3 Å². The Balaban J connectivity index is 2.89. The Morgan fingerprint density at radius 1 is 1.77 bits per heavy atom. The van der Waals surface area contributed by atoms with Crippen molar-refractivity contribution in [3.63, 3.8) is 0 Å². The monoisotopic (exact) mass is 201 g/mol. The van der Waals surface area contributed by atoms with E-state index in [1.807, 2.05) is 13.8 Å². The largest absolute Gasteiger partial charge is 0.380 e. The van der Waals surface area contributed by atoms with E-state index in [-0.39, 0.29) is 16.6 Å². The minimum atomic E-state index is -0.366. The molecule has 1 atom stereocenters. The summed E-state index contributed by atoms with van der Waals surface area (Å²) in [6.45, 7) is 4.06. The lowest BCUT2D eigenvalue weighted by Gasteiger charge is -2.12. The number of hydrogen-bond donors (Lipinski definition) is 2. The molecule has 4 nitrogen and oxygen atoms in total. The molecule has 1 unspecified atom stereocenters. The van der Waals surface area contributed by atoms with Crippen LogP contribution in [0.25, 0.3) is 0 Å². The predicted octanol–water partition coefficient (Wildman–Crippen LogP) is 1.63. The molecule has 0 saturated carbocycles. The zero-order valence-corrected chi connectivity index (χ0v) is 8.35. The van der Waals surface area contributed by atoms with Gasteiger partial charge in [-0.2, -0.15) is 5.10 Å². The van der Waals surface area contributed by atoms with Gasteiger partial charge in [-0.25, -0.2) is 5.10 Å². The number of nitrogens with one attached hydrogen (secondary N) is 2. The van der Waals surface area contributed by atoms with E-state index in [9.17, 15) is 4.79 Å². The zero-order chi connectivity index (χ0) is 9.84. The van der Waals surface area contributed by atoms with Crippen molar-refractivity contribution in [1.29, 1.82) is 0 Å². The highest BCUT2D eigenvalue weighted by Gasteiger charge is 2.06. The first-order chi connectivity index (χ1) is 6.15. The number of rotatable bonds is 3. The van der Waals surface area contributed by atoms with Crippen molar-refractivity contribution in [2.45, 2.75) is 26.3 Å². The summed E-state index contributed by atoms with van der Waals surface area (Å²) in [4.78, 5) is 11.0. The second-order valence-electron chi connectivity index (χ2n) is 2.88. The number of anilines is 1. The third kappa shape index (κ3) is 2.45. The summed E-state index contributed by atoms with van der Waals surface area (Å²) >= 11 is 5.75. The molecule has 13 heavy (non-hydrogen) atoms. The fraction of sp³-hybridized carbons (Fsp3) is 0.500. The van der Waals surface area contributed by atoms with Crippen LogP contribution in [-0.2, 0) is 0 Å². The molecule has 0 aliphatic heterocycles. The summed E-state index contributed by atoms with van der Waals surface area (Å²) in [5.74, 6) is 0. The molecule has 1 aromatic heterocycles. The van der Waals surface area contributed by atoms with E-state index >= 15 is 0 Å². The molecule has 0 fully saturated rings. The third-order valence-electron chi connectivity index (χ3n) is 1.81. The van der Waals surface area contributed by atoms with Crippen LogP contribution in [-0.4, -0.2) is 16.2 Å². The smallest absolute Gasteiger partial charge is 0.285 e. The van der Waals surface area contributed by atoms with Crippen molar-refractivity contribution in [1.82, 2.24) is 10.2 Å². The number of hydrogen-bond acceptors (Lipinski definition) is 3. The number of aromatic amines is 1. The molecule has 0 aliphatic carbocycles. The van der Waals surface area contributed by atoms with Crippen LogP contribution in [0, 0.1) is 0 Å². The highest BCUT2D eigenvalue weighted by molar-refractivity contribution is 6.32. The summed E-state index contributed by atoms with van der Waals surface area (Å²) in [6.07, 6.45) is 2.47. The Bertz CT molecular complexity index is 336. The van der Waals surface area contributed by atoms with Gasteiger partial charge in [0, 0.05) is 6.04 Å². The van der Waals surface area contributed by atoms with Crippen LogP contribution in [0.2, 0.25) is 5.02 Å². The van der Waals surface area contributed by atoms with E-state index in [1.165, 1.54) is 6.20 Å². The molecule has 5 heteroatoms. The van der Waals surface area contributed by atoms with Gasteiger partial charge in [-0.05, 0) is 13.3 Å². The maximum absolute atomic E-state index is 11.0. The molecule has 0 bridgehead atoms. The van der Waals surface area contributed by atoms with Crippen molar-refractivity contribution in [2.24, 2.45) is 0 Å². The number of H-pyrrole nitrogens is 1. The van der Waals surface area contributed by atoms with Crippen molar-refractivity contribution in [3.8, 4) is 0 Å². The lowest BCUT2D eigenvalue weighted by atomic mass is 10.2. The number of nitrogens with zero attached hydrogens (tertiary/aromatic N) is 1. The van der Waals surface area contributed by atoms with Crippen molar-refractivity contribution < 1.29 is 0 Å². The van der Waals surface area contributed by atoms with Crippen LogP contribution in [0.1, 0.15) is 20.3 Å². The van der Waals surface area contributed by atoms with Gasteiger partial charge in [-0.1, -0.05) is 18.5 Å². The zero-order valence-electron chi connectivity index (χ0n) is 7.60. The van der Waals surface area contributed by atoms with E-state index in [0.717, 1.165) is 6.42 Å². The quantitative estimate of drug-likeness (QED) is 0.782. The summed E-state index contributed by atoms with van der Waals surface area (Å²) in [7, 11) is 0. The molecule has 0 spiro atoms. The van der Waals surface area contributed by atoms with Gasteiger partial charge in [0.1, 0.15) is 5.02 Å². The minimum absolute atomic E-state index is 0.162. The minimum Gasteiger partial charge on any atom is -0.380 e. The van der Waals surface area contributed by atoms with E-state index in [1.54, 1.807) is 0 Å². The SMILES string of the molecule is CCC(C)Nc1cn[nH]c(=O)c1Cl. The lowest BCUT2D eigenvalue weighted by molar-refractivity contribution is 0.761. The first kappa shape index (κ1) is 10.1. The van der Waals surface area contributed by atoms with Gasteiger partial charge < -0.3 is 5.32 Å². The standard InChI is InChI=1S/C8H12ClN3O/c1-3-5(2)11-6-4-10-12-8(13)7(6)9/h4-5H,3H2,1-2H3,(H2,11,12,13). The predicted molar refractivity (Wildman–Crippen MR) is 53.2 cm³/mol. The van der Waals surface area contributed by atoms with Crippen molar-refractivity contribution in [2.75, 3.05) is 5.32 Å². The Morgan fingerprint density at radius 3 is 3.08 bits per heavy atom. The Kier molecular flexibility index (Phi) is 3.31. The fourth-order valence-corrected chi connectivity index (χ4v) is 0.997. The van der Waals surface area contributed by atoms with Gasteiger partial charge in [0.15, 0.2) is 0 Å². The van der Waals surface area contributed by atoms with Crippen LogP contribution >= 0.6 is 11.6 Å². The molecular weight excluding hydrogens is 190 g/mol. The highest BCUT2D eigenvalue weighted by Crippen LogP contribution is 2.15. The molecule has 1 rings (SSSR count). The van der Waals surface area contributed by atoms with Crippen molar-refractivity contribution in [3.05, 3.63) is 21.6 Å². The maximum Gasteiger partial charge on any atom is 0.285 e. The number of halogens is 1. The second kappa shape index (κ2) is 4.28. The highest BCUT2D eigenvalue weighted by atomic mass is 35.5. The summed E-state index contributed by atoms with van der Waals surface area (Å²) in [5.41, 5.74) is 0.217. The number of aromatic nitrogens is 2. The maximum atomic E-state index is 11.0. The topological polar surface area (TPSA) is 57.8 Å². The average Bonchev–Trinajstić information content (AvgIpc) is 2.13. The molecule has 0 aromatic carbocycles. The molecule has 0 saturated heterocycles. The molecule has 72 valence electrons. The van der Waals surface area contributed by atoms with Crippen LogP contribution in [0.3, 0.4) is 0 Å². The van der Waals surface area contributed by atoms with Gasteiger partial charge in [-0.3, -0.25) is 4.79 Å². The van der Waals surface area contributed by atoms with Crippen LogP contribution in [0.5, 0.6) is 0 Å². The van der Waals surface area contributed by atoms with Gasteiger partial charge in [0.05, 0.1) is 11.9 Å². The molecule has 0 amide bonds. The van der Waals surface area contributed by atoms with Crippen LogP contribution < -0.4 is 10.9 Å². The van der Waals surface area contributed by atoms with E-state index in [2.05, 4.69) is 15.5 Å². The van der Waals surface area contributed by atoms with Gasteiger partial charge in [0.2, 0.25) is 0 Å². The molecule has 0 radical (unpaired) electrons. The summed E-state index contributed by atoms with van der Waals surface area (Å²) in [5, 5.41) is 9.15. The van der Waals surface area contributed by atoms with E-state index < -0.39 is 0 Å². The van der Waals surface area contributed by atoms with Gasteiger partial charge in [0.25, 0.3) is 5.56 Å². The Morgan fingerprint density at radius 2 is 2.46 bits per heavy atom. The molecular formula is C8H12ClN3O. The first-order valence-corrected chi connectivity index (χ1v) is 4.52. The average molecular weight is 202 g/mol. The Hall–Kier alpha value is -1.03. The van der Waals surface area contributed by atoms with Gasteiger partial charge >= 0.3 is 0 Å².